The second-order valence-corrected chi connectivity index (χ2v) is 7.69. The lowest BCUT2D eigenvalue weighted by atomic mass is 10.1. The summed E-state index contributed by atoms with van der Waals surface area (Å²) in [6, 6.07) is 5.97. The zero-order valence-electron chi connectivity index (χ0n) is 17.6. The van der Waals surface area contributed by atoms with Crippen LogP contribution in [-0.2, 0) is 6.54 Å². The monoisotopic (exact) mass is 445 g/mol. The fourth-order valence-electron chi connectivity index (χ4n) is 3.86. The number of carbonyl (C=O) groups excluding carboxylic acids is 1. The Morgan fingerprint density at radius 2 is 1.78 bits per heavy atom. The number of aromatic amines is 1. The zero-order valence-corrected chi connectivity index (χ0v) is 17.6. The topological polar surface area (TPSA) is 81.3 Å². The molecule has 0 spiro atoms. The van der Waals surface area contributed by atoms with Crippen molar-refractivity contribution in [1.82, 2.24) is 20.2 Å². The number of fused-ring (bicyclic) bond motifs is 1. The van der Waals surface area contributed by atoms with Crippen LogP contribution in [-0.4, -0.2) is 54.0 Å². The number of nitrogens with zero attached hydrogens (tertiary/aromatic N) is 3. The van der Waals surface area contributed by atoms with Crippen molar-refractivity contribution >= 4 is 22.6 Å². The quantitative estimate of drug-likeness (QED) is 0.644. The Balaban J connectivity index is 1.47. The lowest BCUT2D eigenvalue weighted by molar-refractivity contribution is 0.0958. The molecular formula is C22H22F3N5O2. The molecule has 4 rings (SSSR count). The predicted molar refractivity (Wildman–Crippen MR) is 114 cm³/mol. The number of hydrogen-bond donors (Lipinski definition) is 2. The van der Waals surface area contributed by atoms with Gasteiger partial charge < -0.3 is 15.2 Å². The molecule has 10 heteroatoms. The van der Waals surface area contributed by atoms with Crippen LogP contribution in [0.2, 0.25) is 0 Å². The third-order valence-electron chi connectivity index (χ3n) is 5.70. The van der Waals surface area contributed by atoms with Crippen molar-refractivity contribution < 1.29 is 18.0 Å². The Kier molecular flexibility index (Phi) is 5.88. The van der Waals surface area contributed by atoms with Crippen LogP contribution in [0.5, 0.6) is 0 Å². The number of benzene rings is 2. The fraction of sp³-hybridized carbons (Fsp3) is 0.318. The second kappa shape index (κ2) is 8.62. The molecule has 1 fully saturated rings. The first kappa shape index (κ1) is 21.8. The SMILES string of the molecule is CNC(=O)c1ccc(N2CCN(Cc3ccc4nc(C)c(=O)[nH]c4c3F)CC2)c(F)c1F. The van der Waals surface area contributed by atoms with E-state index in [2.05, 4.69) is 15.3 Å². The average molecular weight is 445 g/mol. The minimum Gasteiger partial charge on any atom is -0.367 e. The van der Waals surface area contributed by atoms with Crippen LogP contribution in [0.4, 0.5) is 18.9 Å². The number of nitrogens with one attached hydrogen (secondary N) is 2. The van der Waals surface area contributed by atoms with Gasteiger partial charge in [-0.25, -0.2) is 18.2 Å². The molecule has 1 aromatic heterocycles. The van der Waals surface area contributed by atoms with Crippen LogP contribution in [0.15, 0.2) is 29.1 Å². The van der Waals surface area contributed by atoms with E-state index in [9.17, 15) is 22.8 Å². The first-order chi connectivity index (χ1) is 15.3. The van der Waals surface area contributed by atoms with Crippen molar-refractivity contribution in [3.05, 3.63) is 68.9 Å². The maximum absolute atomic E-state index is 14.9. The van der Waals surface area contributed by atoms with E-state index in [0.717, 1.165) is 0 Å². The van der Waals surface area contributed by atoms with Gasteiger partial charge in [-0.15, -0.1) is 0 Å². The maximum Gasteiger partial charge on any atom is 0.269 e. The molecule has 2 N–H and O–H groups in total. The van der Waals surface area contributed by atoms with Gasteiger partial charge in [0.15, 0.2) is 17.5 Å². The number of anilines is 1. The predicted octanol–water partition coefficient (Wildman–Crippen LogP) is 2.33. The number of hydrogen-bond acceptors (Lipinski definition) is 5. The van der Waals surface area contributed by atoms with Crippen molar-refractivity contribution in [1.29, 1.82) is 0 Å². The molecule has 0 atom stereocenters. The first-order valence-corrected chi connectivity index (χ1v) is 10.2. The summed E-state index contributed by atoms with van der Waals surface area (Å²) in [6.45, 7) is 3.67. The molecule has 0 bridgehead atoms. The van der Waals surface area contributed by atoms with E-state index in [4.69, 9.17) is 0 Å². The van der Waals surface area contributed by atoms with Crippen LogP contribution in [0, 0.1) is 24.4 Å². The van der Waals surface area contributed by atoms with Crippen LogP contribution < -0.4 is 15.8 Å². The van der Waals surface area contributed by atoms with Gasteiger partial charge in [0.2, 0.25) is 0 Å². The van der Waals surface area contributed by atoms with Crippen LogP contribution in [0.25, 0.3) is 11.0 Å². The van der Waals surface area contributed by atoms with Crippen LogP contribution >= 0.6 is 0 Å². The number of piperazine rings is 1. The Hall–Kier alpha value is -3.40. The van der Waals surface area contributed by atoms with Crippen molar-refractivity contribution in [2.75, 3.05) is 38.1 Å². The molecule has 2 aromatic carbocycles. The molecule has 2 heterocycles. The lowest BCUT2D eigenvalue weighted by Crippen LogP contribution is -2.46. The van der Waals surface area contributed by atoms with E-state index in [1.165, 1.54) is 19.2 Å². The first-order valence-electron chi connectivity index (χ1n) is 10.2. The highest BCUT2D eigenvalue weighted by Gasteiger charge is 2.25. The number of halogens is 3. The Bertz CT molecular complexity index is 1250. The molecule has 32 heavy (non-hydrogen) atoms. The summed E-state index contributed by atoms with van der Waals surface area (Å²) in [7, 11) is 1.35. The van der Waals surface area contributed by atoms with Gasteiger partial charge in [0.05, 0.1) is 16.8 Å². The summed E-state index contributed by atoms with van der Waals surface area (Å²) in [4.78, 5) is 33.8. The average Bonchev–Trinajstić information content (AvgIpc) is 2.79. The highest BCUT2D eigenvalue weighted by Crippen LogP contribution is 2.26. The highest BCUT2D eigenvalue weighted by atomic mass is 19.2. The van der Waals surface area contributed by atoms with Gasteiger partial charge in [-0.1, -0.05) is 6.07 Å². The minimum absolute atomic E-state index is 0.0745. The lowest BCUT2D eigenvalue weighted by Gasteiger charge is -2.36. The van der Waals surface area contributed by atoms with Crippen LogP contribution in [0.1, 0.15) is 21.6 Å². The minimum atomic E-state index is -1.18. The Morgan fingerprint density at radius 1 is 1.06 bits per heavy atom. The van der Waals surface area contributed by atoms with Gasteiger partial charge in [0.1, 0.15) is 11.2 Å². The van der Waals surface area contributed by atoms with Gasteiger partial charge in [0, 0.05) is 45.3 Å². The summed E-state index contributed by atoms with van der Waals surface area (Å²) < 4.78 is 43.8. The van der Waals surface area contributed by atoms with E-state index in [1.54, 1.807) is 24.0 Å². The van der Waals surface area contributed by atoms with Crippen LogP contribution in [0.3, 0.4) is 0 Å². The van der Waals surface area contributed by atoms with Crippen molar-refractivity contribution in [3.63, 3.8) is 0 Å². The molecule has 1 saturated heterocycles. The smallest absolute Gasteiger partial charge is 0.269 e. The fourth-order valence-corrected chi connectivity index (χ4v) is 3.86. The molecule has 1 aliphatic rings. The molecule has 1 aliphatic heterocycles. The summed E-state index contributed by atoms with van der Waals surface area (Å²) in [5.74, 6) is -3.46. The van der Waals surface area contributed by atoms with Gasteiger partial charge >= 0.3 is 0 Å². The molecular weight excluding hydrogens is 423 g/mol. The summed E-state index contributed by atoms with van der Waals surface area (Å²) in [5, 5.41) is 2.28. The van der Waals surface area contributed by atoms with Gasteiger partial charge in [-0.05, 0) is 25.1 Å². The third kappa shape index (κ3) is 3.93. The van der Waals surface area contributed by atoms with E-state index in [-0.39, 0.29) is 22.5 Å². The summed E-state index contributed by atoms with van der Waals surface area (Å²) in [5.41, 5.74) is 0.454. The number of aromatic nitrogens is 2. The second-order valence-electron chi connectivity index (χ2n) is 7.69. The van der Waals surface area contributed by atoms with E-state index in [1.807, 2.05) is 4.90 Å². The van der Waals surface area contributed by atoms with Gasteiger partial charge in [-0.3, -0.25) is 14.5 Å². The van der Waals surface area contributed by atoms with Crippen molar-refractivity contribution in [2.45, 2.75) is 13.5 Å². The highest BCUT2D eigenvalue weighted by molar-refractivity contribution is 5.94. The van der Waals surface area contributed by atoms with E-state index >= 15 is 0 Å². The molecule has 3 aromatic rings. The third-order valence-corrected chi connectivity index (χ3v) is 5.70. The number of amides is 1. The van der Waals surface area contributed by atoms with E-state index < -0.39 is 28.9 Å². The number of aryl methyl sites for hydroxylation is 1. The van der Waals surface area contributed by atoms with E-state index in [0.29, 0.717) is 43.8 Å². The molecule has 0 unspecified atom stereocenters. The van der Waals surface area contributed by atoms with Crippen molar-refractivity contribution in [3.8, 4) is 0 Å². The normalized spacial score (nSPS) is 14.7. The largest absolute Gasteiger partial charge is 0.367 e. The Morgan fingerprint density at radius 3 is 2.47 bits per heavy atom. The standard InChI is InChI=1S/C22H22F3N5O2/c1-12-21(31)28-20-15(27-12)5-3-13(17(20)23)11-29-7-9-30(10-8-29)16-6-4-14(22(32)26-2)18(24)19(16)25/h3-6H,7-11H2,1-2H3,(H,26,32)(H,28,31). The summed E-state index contributed by atoms with van der Waals surface area (Å²) >= 11 is 0. The Labute approximate surface area is 181 Å². The molecule has 7 nitrogen and oxygen atoms in total. The maximum atomic E-state index is 14.9. The molecule has 0 saturated carbocycles. The molecule has 1 amide bonds. The molecule has 0 radical (unpaired) electrons. The number of H-pyrrole nitrogens is 1. The number of carbonyl (C=O) groups is 1. The zero-order chi connectivity index (χ0) is 23.0. The summed E-state index contributed by atoms with van der Waals surface area (Å²) in [6.07, 6.45) is 0. The number of rotatable bonds is 4. The van der Waals surface area contributed by atoms with Gasteiger partial charge in [-0.2, -0.15) is 0 Å². The van der Waals surface area contributed by atoms with Gasteiger partial charge in [0.25, 0.3) is 11.5 Å². The molecule has 0 aliphatic carbocycles. The molecule has 168 valence electrons. The van der Waals surface area contributed by atoms with Crippen molar-refractivity contribution in [2.24, 2.45) is 0 Å².